The topological polar surface area (TPSA) is 58.4 Å². The van der Waals surface area contributed by atoms with Crippen molar-refractivity contribution in [3.05, 3.63) is 34.1 Å². The molecule has 1 aromatic rings. The number of nitrogens with zero attached hydrogens (tertiary/aromatic N) is 2. The number of nitro groups is 1. The third kappa shape index (κ3) is 4.94. The van der Waals surface area contributed by atoms with E-state index in [4.69, 9.17) is 0 Å². The van der Waals surface area contributed by atoms with Gasteiger partial charge in [0, 0.05) is 25.2 Å². The summed E-state index contributed by atoms with van der Waals surface area (Å²) < 4.78 is 13.1. The Morgan fingerprint density at radius 1 is 1.05 bits per heavy atom. The molecule has 1 aromatic carbocycles. The predicted molar refractivity (Wildman–Crippen MR) is 85.8 cm³/mol. The summed E-state index contributed by atoms with van der Waals surface area (Å²) in [5, 5.41) is 14.1. The molecule has 2 fully saturated rings. The maximum Gasteiger partial charge on any atom is 0.292 e. The number of nitro benzene ring substituents is 1. The van der Waals surface area contributed by atoms with Crippen LogP contribution >= 0.6 is 0 Å². The summed E-state index contributed by atoms with van der Waals surface area (Å²) in [6.45, 7) is 4.04. The lowest BCUT2D eigenvalue weighted by Crippen LogP contribution is -2.30. The van der Waals surface area contributed by atoms with Gasteiger partial charge in [-0.15, -0.1) is 0 Å². The molecule has 0 aliphatic carbocycles. The van der Waals surface area contributed by atoms with Gasteiger partial charge in [0.15, 0.2) is 0 Å². The SMILES string of the molecule is C1CCNCC1.O=[N+]([O-])c1ccc(F)cc1N1CCCCC1. The van der Waals surface area contributed by atoms with Gasteiger partial charge in [0.1, 0.15) is 11.5 Å². The number of piperidine rings is 2. The predicted octanol–water partition coefficient (Wildman–Crippen LogP) is 3.48. The molecule has 6 heteroatoms. The summed E-state index contributed by atoms with van der Waals surface area (Å²) in [7, 11) is 0. The van der Waals surface area contributed by atoms with Crippen LogP contribution in [0.2, 0.25) is 0 Å². The summed E-state index contributed by atoms with van der Waals surface area (Å²) in [6.07, 6.45) is 7.37. The van der Waals surface area contributed by atoms with Crippen LogP contribution in [0, 0.1) is 15.9 Å². The molecule has 0 spiro atoms. The van der Waals surface area contributed by atoms with Gasteiger partial charge in [-0.2, -0.15) is 0 Å². The van der Waals surface area contributed by atoms with E-state index in [2.05, 4.69) is 5.32 Å². The van der Waals surface area contributed by atoms with Gasteiger partial charge in [-0.25, -0.2) is 4.39 Å². The van der Waals surface area contributed by atoms with Gasteiger partial charge in [-0.3, -0.25) is 10.1 Å². The Kier molecular flexibility index (Phi) is 6.58. The molecule has 1 N–H and O–H groups in total. The molecule has 5 nitrogen and oxygen atoms in total. The van der Waals surface area contributed by atoms with Crippen LogP contribution in [0.3, 0.4) is 0 Å². The molecule has 22 heavy (non-hydrogen) atoms. The summed E-state index contributed by atoms with van der Waals surface area (Å²) in [4.78, 5) is 12.3. The van der Waals surface area contributed by atoms with E-state index in [1.54, 1.807) is 0 Å². The maximum absolute atomic E-state index is 13.1. The van der Waals surface area contributed by atoms with E-state index in [-0.39, 0.29) is 5.69 Å². The number of rotatable bonds is 2. The highest BCUT2D eigenvalue weighted by molar-refractivity contribution is 5.63. The first-order chi connectivity index (χ1) is 10.7. The van der Waals surface area contributed by atoms with Crippen LogP contribution in [-0.2, 0) is 0 Å². The van der Waals surface area contributed by atoms with Crippen LogP contribution in [0.4, 0.5) is 15.8 Å². The standard InChI is InChI=1S/C11H13FN2O2.C5H11N/c12-9-4-5-10(14(15)16)11(8-9)13-6-2-1-3-7-13;1-2-4-6-5-3-1/h4-5,8H,1-3,6-7H2;6H,1-5H2. The van der Waals surface area contributed by atoms with Crippen LogP contribution in [-0.4, -0.2) is 31.1 Å². The van der Waals surface area contributed by atoms with Crippen molar-refractivity contribution in [2.24, 2.45) is 0 Å². The fraction of sp³-hybridized carbons (Fsp3) is 0.625. The Hall–Kier alpha value is -1.69. The summed E-state index contributed by atoms with van der Waals surface area (Å²) in [6, 6.07) is 3.62. The zero-order chi connectivity index (χ0) is 15.8. The summed E-state index contributed by atoms with van der Waals surface area (Å²) in [5.74, 6) is -0.425. The molecule has 0 aromatic heterocycles. The van der Waals surface area contributed by atoms with E-state index >= 15 is 0 Å². The molecule has 3 rings (SSSR count). The number of anilines is 1. The highest BCUT2D eigenvalue weighted by Gasteiger charge is 2.21. The van der Waals surface area contributed by atoms with Crippen LogP contribution in [0.15, 0.2) is 18.2 Å². The third-order valence-corrected chi connectivity index (χ3v) is 4.04. The van der Waals surface area contributed by atoms with Gasteiger partial charge in [0.25, 0.3) is 5.69 Å². The molecule has 0 bridgehead atoms. The Labute approximate surface area is 130 Å². The van der Waals surface area contributed by atoms with E-state index in [9.17, 15) is 14.5 Å². The van der Waals surface area contributed by atoms with Crippen molar-refractivity contribution in [3.63, 3.8) is 0 Å². The second-order valence-electron chi connectivity index (χ2n) is 5.75. The van der Waals surface area contributed by atoms with Gasteiger partial charge < -0.3 is 10.2 Å². The van der Waals surface area contributed by atoms with Crippen LogP contribution in [0.5, 0.6) is 0 Å². The third-order valence-electron chi connectivity index (χ3n) is 4.04. The Balaban J connectivity index is 0.000000246. The van der Waals surface area contributed by atoms with Crippen LogP contribution < -0.4 is 10.2 Å². The molecule has 2 aliphatic heterocycles. The number of hydrogen-bond donors (Lipinski definition) is 1. The number of benzene rings is 1. The Morgan fingerprint density at radius 3 is 2.18 bits per heavy atom. The van der Waals surface area contributed by atoms with Crippen molar-refractivity contribution in [3.8, 4) is 0 Å². The molecule has 0 radical (unpaired) electrons. The highest BCUT2D eigenvalue weighted by Crippen LogP contribution is 2.30. The second kappa shape index (κ2) is 8.68. The largest absolute Gasteiger partial charge is 0.366 e. The summed E-state index contributed by atoms with van der Waals surface area (Å²) in [5.41, 5.74) is 0.396. The highest BCUT2D eigenvalue weighted by atomic mass is 19.1. The first-order valence-electron chi connectivity index (χ1n) is 8.08. The van der Waals surface area contributed by atoms with Crippen LogP contribution in [0.1, 0.15) is 38.5 Å². The molecule has 2 aliphatic rings. The zero-order valence-corrected chi connectivity index (χ0v) is 12.9. The Bertz CT molecular complexity index is 475. The first kappa shape index (κ1) is 16.7. The van der Waals surface area contributed by atoms with Crippen molar-refractivity contribution < 1.29 is 9.31 Å². The molecule has 2 saturated heterocycles. The fourth-order valence-corrected chi connectivity index (χ4v) is 2.84. The van der Waals surface area contributed by atoms with Crippen molar-refractivity contribution in [1.29, 1.82) is 0 Å². The lowest BCUT2D eigenvalue weighted by molar-refractivity contribution is -0.384. The lowest BCUT2D eigenvalue weighted by atomic mass is 10.1. The van der Waals surface area contributed by atoms with Gasteiger partial charge >= 0.3 is 0 Å². The summed E-state index contributed by atoms with van der Waals surface area (Å²) >= 11 is 0. The molecular weight excluding hydrogens is 285 g/mol. The zero-order valence-electron chi connectivity index (χ0n) is 12.9. The average Bonchev–Trinajstić information content (AvgIpc) is 2.57. The number of hydrogen-bond acceptors (Lipinski definition) is 4. The minimum Gasteiger partial charge on any atom is -0.366 e. The second-order valence-corrected chi connectivity index (χ2v) is 5.75. The van der Waals surface area contributed by atoms with Crippen molar-refractivity contribution in [1.82, 2.24) is 5.32 Å². The van der Waals surface area contributed by atoms with Gasteiger partial charge in [-0.1, -0.05) is 6.42 Å². The normalized spacial score (nSPS) is 18.3. The average molecular weight is 309 g/mol. The number of halogens is 1. The smallest absolute Gasteiger partial charge is 0.292 e. The van der Waals surface area contributed by atoms with Crippen molar-refractivity contribution in [2.75, 3.05) is 31.1 Å². The first-order valence-corrected chi connectivity index (χ1v) is 8.08. The van der Waals surface area contributed by atoms with E-state index < -0.39 is 10.7 Å². The molecule has 0 atom stereocenters. The van der Waals surface area contributed by atoms with E-state index in [1.807, 2.05) is 4.90 Å². The quantitative estimate of drug-likeness (QED) is 0.671. The molecule has 122 valence electrons. The van der Waals surface area contributed by atoms with E-state index in [1.165, 1.54) is 44.5 Å². The van der Waals surface area contributed by atoms with Crippen molar-refractivity contribution >= 4 is 11.4 Å². The molecule has 0 amide bonds. The maximum atomic E-state index is 13.1. The molecular formula is C16H24FN3O2. The monoisotopic (exact) mass is 309 g/mol. The van der Waals surface area contributed by atoms with Gasteiger partial charge in [0.2, 0.25) is 0 Å². The molecule has 2 heterocycles. The fourth-order valence-electron chi connectivity index (χ4n) is 2.84. The van der Waals surface area contributed by atoms with E-state index in [0.717, 1.165) is 38.4 Å². The molecule has 0 unspecified atom stereocenters. The van der Waals surface area contributed by atoms with E-state index in [0.29, 0.717) is 5.69 Å². The Morgan fingerprint density at radius 2 is 1.68 bits per heavy atom. The minimum absolute atomic E-state index is 0.0108. The van der Waals surface area contributed by atoms with Crippen LogP contribution in [0.25, 0.3) is 0 Å². The van der Waals surface area contributed by atoms with Crippen molar-refractivity contribution in [2.45, 2.75) is 38.5 Å². The molecule has 0 saturated carbocycles. The lowest BCUT2D eigenvalue weighted by Gasteiger charge is -2.28. The minimum atomic E-state index is -0.455. The van der Waals surface area contributed by atoms with Gasteiger partial charge in [0.05, 0.1) is 4.92 Å². The number of nitrogens with one attached hydrogen (secondary N) is 1. The van der Waals surface area contributed by atoms with Gasteiger partial charge in [-0.05, 0) is 51.3 Å².